The van der Waals surface area contributed by atoms with E-state index in [0.29, 0.717) is 22.6 Å². The monoisotopic (exact) mass is 401 g/mol. The molecule has 29 heavy (non-hydrogen) atoms. The zero-order chi connectivity index (χ0) is 21.0. The summed E-state index contributed by atoms with van der Waals surface area (Å²) in [6, 6.07) is 12.6. The van der Waals surface area contributed by atoms with Gasteiger partial charge in [-0.2, -0.15) is 8.78 Å². The number of ether oxygens (including phenoxy) is 2. The normalized spacial score (nSPS) is 10.8. The van der Waals surface area contributed by atoms with Crippen molar-refractivity contribution in [3.05, 3.63) is 76.0 Å². The van der Waals surface area contributed by atoms with Crippen LogP contribution in [0.4, 0.5) is 20.2 Å². The van der Waals surface area contributed by atoms with E-state index in [1.54, 1.807) is 42.6 Å². The number of nitrogen functional groups attached to an aromatic ring is 1. The third-order valence-corrected chi connectivity index (χ3v) is 4.25. The molecule has 9 heteroatoms. The lowest BCUT2D eigenvalue weighted by molar-refractivity contribution is -0.384. The van der Waals surface area contributed by atoms with E-state index in [0.717, 1.165) is 0 Å². The van der Waals surface area contributed by atoms with Crippen LogP contribution in [-0.4, -0.2) is 23.6 Å². The first kappa shape index (κ1) is 20.0. The zero-order valence-corrected chi connectivity index (χ0v) is 15.3. The van der Waals surface area contributed by atoms with Gasteiger partial charge in [0.1, 0.15) is 11.4 Å². The highest BCUT2D eigenvalue weighted by Gasteiger charge is 2.22. The minimum Gasteiger partial charge on any atom is -0.481 e. The van der Waals surface area contributed by atoms with E-state index in [-0.39, 0.29) is 29.1 Å². The van der Waals surface area contributed by atoms with Gasteiger partial charge in [0, 0.05) is 29.8 Å². The predicted molar refractivity (Wildman–Crippen MR) is 103 cm³/mol. The van der Waals surface area contributed by atoms with Crippen LogP contribution in [0.5, 0.6) is 11.6 Å². The fourth-order valence-corrected chi connectivity index (χ4v) is 2.98. The lowest BCUT2D eigenvalue weighted by Crippen LogP contribution is -2.06. The minimum atomic E-state index is -3.01. The summed E-state index contributed by atoms with van der Waals surface area (Å²) in [5, 5.41) is 11.6. The number of anilines is 1. The molecule has 7 nitrogen and oxygen atoms in total. The molecule has 0 amide bonds. The van der Waals surface area contributed by atoms with Crippen LogP contribution in [-0.2, 0) is 6.42 Å². The van der Waals surface area contributed by atoms with Gasteiger partial charge in [0.2, 0.25) is 5.88 Å². The molecule has 0 aliphatic rings. The molecule has 1 aromatic heterocycles. The number of alkyl halides is 2. The Hall–Kier alpha value is -3.75. The molecule has 0 radical (unpaired) electrons. The number of nitrogens with two attached hydrogens (primary N) is 1. The Morgan fingerprint density at radius 3 is 2.52 bits per heavy atom. The maximum absolute atomic E-state index is 12.7. The molecule has 0 unspecified atom stereocenters. The zero-order valence-electron chi connectivity index (χ0n) is 15.3. The summed E-state index contributed by atoms with van der Waals surface area (Å²) in [4.78, 5) is 15.1. The van der Waals surface area contributed by atoms with Crippen molar-refractivity contribution in [3.63, 3.8) is 0 Å². The second-order valence-corrected chi connectivity index (χ2v) is 6.08. The van der Waals surface area contributed by atoms with E-state index in [4.69, 9.17) is 10.5 Å². The number of methoxy groups -OCH3 is 1. The highest BCUT2D eigenvalue weighted by molar-refractivity contribution is 5.75. The molecule has 0 bridgehead atoms. The van der Waals surface area contributed by atoms with Crippen LogP contribution in [0.1, 0.15) is 11.1 Å². The molecule has 0 atom stereocenters. The van der Waals surface area contributed by atoms with Gasteiger partial charge in [-0.05, 0) is 35.4 Å². The van der Waals surface area contributed by atoms with Crippen molar-refractivity contribution in [2.75, 3.05) is 12.8 Å². The highest BCUT2D eigenvalue weighted by atomic mass is 19.3. The van der Waals surface area contributed by atoms with Crippen molar-refractivity contribution < 1.29 is 23.2 Å². The minimum absolute atomic E-state index is 0.0131. The lowest BCUT2D eigenvalue weighted by Gasteiger charge is -2.13. The number of nitro groups is 1. The number of rotatable bonds is 7. The summed E-state index contributed by atoms with van der Waals surface area (Å²) in [6.07, 6.45) is 1.54. The number of nitrogens with zero attached hydrogens (tertiary/aromatic N) is 2. The quantitative estimate of drug-likeness (QED) is 0.357. The smallest absolute Gasteiger partial charge is 0.387 e. The summed E-state index contributed by atoms with van der Waals surface area (Å²) in [5.74, 6) is 0.369. The van der Waals surface area contributed by atoms with Crippen LogP contribution in [0.3, 0.4) is 0 Å². The number of nitro benzene ring substituents is 1. The molecular formula is C20H17F2N3O4. The average molecular weight is 401 g/mol. The largest absolute Gasteiger partial charge is 0.481 e. The first-order valence-electron chi connectivity index (χ1n) is 8.49. The Balaban J connectivity index is 2.07. The number of hydrogen-bond donors (Lipinski definition) is 1. The Labute approximate surface area is 164 Å². The highest BCUT2D eigenvalue weighted by Crippen LogP contribution is 2.35. The summed E-state index contributed by atoms with van der Waals surface area (Å²) in [7, 11) is 1.49. The summed E-state index contributed by atoms with van der Waals surface area (Å²) in [6.45, 7) is -3.01. The maximum atomic E-state index is 12.7. The topological polar surface area (TPSA) is 101 Å². The van der Waals surface area contributed by atoms with E-state index in [2.05, 4.69) is 9.72 Å². The number of pyridine rings is 1. The van der Waals surface area contributed by atoms with Crippen LogP contribution in [0.25, 0.3) is 11.1 Å². The maximum Gasteiger partial charge on any atom is 0.387 e. The van der Waals surface area contributed by atoms with Gasteiger partial charge >= 0.3 is 6.61 Å². The first-order valence-corrected chi connectivity index (χ1v) is 8.49. The van der Waals surface area contributed by atoms with Crippen molar-refractivity contribution in [2.45, 2.75) is 13.0 Å². The second kappa shape index (κ2) is 8.51. The van der Waals surface area contributed by atoms with Gasteiger partial charge in [0.05, 0.1) is 12.0 Å². The molecule has 2 N–H and O–H groups in total. The summed E-state index contributed by atoms with van der Waals surface area (Å²) >= 11 is 0. The molecule has 0 aliphatic carbocycles. The molecule has 0 saturated carbocycles. The fourth-order valence-electron chi connectivity index (χ4n) is 2.98. The van der Waals surface area contributed by atoms with Crippen molar-refractivity contribution >= 4 is 11.4 Å². The first-order chi connectivity index (χ1) is 13.9. The van der Waals surface area contributed by atoms with Crippen LogP contribution in [0.2, 0.25) is 0 Å². The Morgan fingerprint density at radius 1 is 1.14 bits per heavy atom. The molecular weight excluding hydrogens is 384 g/mol. The van der Waals surface area contributed by atoms with Gasteiger partial charge in [-0.15, -0.1) is 0 Å². The number of hydrogen-bond acceptors (Lipinski definition) is 6. The number of halogens is 2. The second-order valence-electron chi connectivity index (χ2n) is 6.08. The van der Waals surface area contributed by atoms with Gasteiger partial charge in [-0.25, -0.2) is 4.98 Å². The summed E-state index contributed by atoms with van der Waals surface area (Å²) in [5.41, 5.74) is 7.56. The van der Waals surface area contributed by atoms with Crippen LogP contribution >= 0.6 is 0 Å². The molecule has 0 spiro atoms. The molecule has 150 valence electrons. The third kappa shape index (κ3) is 4.57. The van der Waals surface area contributed by atoms with Crippen molar-refractivity contribution in [1.29, 1.82) is 0 Å². The van der Waals surface area contributed by atoms with Gasteiger partial charge < -0.3 is 15.2 Å². The van der Waals surface area contributed by atoms with E-state index >= 15 is 0 Å². The number of benzene rings is 2. The fraction of sp³-hybridized carbons (Fsp3) is 0.150. The van der Waals surface area contributed by atoms with Crippen LogP contribution in [0, 0.1) is 10.1 Å². The van der Waals surface area contributed by atoms with Crippen molar-refractivity contribution in [2.24, 2.45) is 0 Å². The third-order valence-electron chi connectivity index (χ3n) is 4.25. The van der Waals surface area contributed by atoms with E-state index in [1.165, 1.54) is 19.2 Å². The Morgan fingerprint density at radius 2 is 1.90 bits per heavy atom. The Kier molecular flexibility index (Phi) is 5.87. The molecule has 1 heterocycles. The van der Waals surface area contributed by atoms with Crippen molar-refractivity contribution in [1.82, 2.24) is 4.98 Å². The molecule has 0 fully saturated rings. The molecule has 2 aromatic carbocycles. The van der Waals surface area contributed by atoms with Gasteiger partial charge in [0.15, 0.2) is 0 Å². The van der Waals surface area contributed by atoms with Crippen molar-refractivity contribution in [3.8, 4) is 22.8 Å². The average Bonchev–Trinajstić information content (AvgIpc) is 2.68. The van der Waals surface area contributed by atoms with Gasteiger partial charge in [-0.1, -0.05) is 18.2 Å². The molecule has 0 saturated heterocycles. The molecule has 3 aromatic rings. The van der Waals surface area contributed by atoms with E-state index in [1.807, 2.05) is 0 Å². The number of para-hydroxylation sites is 1. The summed E-state index contributed by atoms with van der Waals surface area (Å²) < 4.78 is 34.9. The van der Waals surface area contributed by atoms with Crippen LogP contribution in [0.15, 0.2) is 54.7 Å². The number of aromatic nitrogens is 1. The lowest BCUT2D eigenvalue weighted by atomic mass is 9.96. The molecule has 3 rings (SSSR count). The van der Waals surface area contributed by atoms with Crippen LogP contribution < -0.4 is 15.2 Å². The van der Waals surface area contributed by atoms with E-state index < -0.39 is 11.5 Å². The predicted octanol–water partition coefficient (Wildman–Crippen LogP) is 4.44. The molecule has 0 aliphatic heterocycles. The van der Waals surface area contributed by atoms with E-state index in [9.17, 15) is 18.9 Å². The van der Waals surface area contributed by atoms with Gasteiger partial charge in [0.25, 0.3) is 5.69 Å². The standard InChI is InChI=1S/C20H17F2N3O4/c1-28-18-7-6-13(11-24-18)14-9-15(19(25(26)27)16(23)10-14)8-12-4-2-3-5-17(12)29-20(21)22/h2-7,9-11,20H,8,23H2,1H3. The SMILES string of the molecule is COc1ccc(-c2cc(N)c([N+](=O)[O-])c(Cc3ccccc3OC(F)F)c2)cn1. The Bertz CT molecular complexity index is 1030. The van der Waals surface area contributed by atoms with Gasteiger partial charge in [-0.3, -0.25) is 10.1 Å².